The Morgan fingerprint density at radius 2 is 1.78 bits per heavy atom. The smallest absolute Gasteiger partial charge is 0.322 e. The second kappa shape index (κ2) is 7.28. The summed E-state index contributed by atoms with van der Waals surface area (Å²) < 4.78 is 1.74. The standard InChI is InChI=1S/C19H18N4O4/c1-11-4-3-9-23-16(12(2)21-17(11)23)19(27)22-14-7-5-13(6-8-14)18(26)20-10-15(24)25/h3-9H,10H2,1-2H3,(H,20,26)(H,22,27)(H,24,25). The fourth-order valence-corrected chi connectivity index (χ4v) is 2.74. The molecule has 2 heterocycles. The molecule has 0 saturated carbocycles. The lowest BCUT2D eigenvalue weighted by atomic mass is 10.2. The highest BCUT2D eigenvalue weighted by Crippen LogP contribution is 2.17. The van der Waals surface area contributed by atoms with Crippen molar-refractivity contribution in [2.45, 2.75) is 13.8 Å². The molecule has 0 bridgehead atoms. The van der Waals surface area contributed by atoms with Crippen LogP contribution in [0, 0.1) is 13.8 Å². The summed E-state index contributed by atoms with van der Waals surface area (Å²) in [5.41, 5.74) is 3.57. The molecular formula is C19H18N4O4. The van der Waals surface area contributed by atoms with Crippen molar-refractivity contribution in [2.75, 3.05) is 11.9 Å². The van der Waals surface area contributed by atoms with Crippen molar-refractivity contribution in [1.29, 1.82) is 0 Å². The first kappa shape index (κ1) is 18.1. The molecule has 3 N–H and O–H groups in total. The van der Waals surface area contributed by atoms with E-state index in [0.29, 0.717) is 22.6 Å². The number of rotatable bonds is 5. The minimum absolute atomic E-state index is 0.302. The molecule has 138 valence electrons. The number of carboxylic acids is 1. The minimum Gasteiger partial charge on any atom is -0.480 e. The maximum Gasteiger partial charge on any atom is 0.322 e. The summed E-state index contributed by atoms with van der Waals surface area (Å²) in [7, 11) is 0. The number of carbonyl (C=O) groups is 3. The van der Waals surface area contributed by atoms with Gasteiger partial charge in [-0.1, -0.05) is 6.07 Å². The number of aryl methyl sites for hydroxylation is 2. The number of benzene rings is 1. The van der Waals surface area contributed by atoms with Gasteiger partial charge in [-0.3, -0.25) is 18.8 Å². The Kier molecular flexibility index (Phi) is 4.89. The van der Waals surface area contributed by atoms with Gasteiger partial charge in [-0.25, -0.2) is 4.98 Å². The van der Waals surface area contributed by atoms with E-state index in [1.165, 1.54) is 12.1 Å². The summed E-state index contributed by atoms with van der Waals surface area (Å²) in [5.74, 6) is -1.93. The van der Waals surface area contributed by atoms with Crippen molar-refractivity contribution in [3.05, 3.63) is 65.1 Å². The fourth-order valence-electron chi connectivity index (χ4n) is 2.74. The zero-order chi connectivity index (χ0) is 19.6. The van der Waals surface area contributed by atoms with E-state index in [1.54, 1.807) is 29.7 Å². The Balaban J connectivity index is 1.77. The average Bonchev–Trinajstić information content (AvgIpc) is 2.97. The summed E-state index contributed by atoms with van der Waals surface area (Å²) >= 11 is 0. The lowest BCUT2D eigenvalue weighted by Gasteiger charge is -2.08. The fraction of sp³-hybridized carbons (Fsp3) is 0.158. The summed E-state index contributed by atoms with van der Waals surface area (Å²) in [6, 6.07) is 9.97. The van der Waals surface area contributed by atoms with Crippen LogP contribution in [-0.2, 0) is 4.79 Å². The molecule has 0 fully saturated rings. The molecule has 0 atom stereocenters. The highest BCUT2D eigenvalue weighted by molar-refractivity contribution is 6.05. The number of nitrogens with one attached hydrogen (secondary N) is 2. The van der Waals surface area contributed by atoms with Gasteiger partial charge in [-0.15, -0.1) is 0 Å². The molecule has 3 rings (SSSR count). The highest BCUT2D eigenvalue weighted by atomic mass is 16.4. The molecule has 0 radical (unpaired) electrons. The number of imidazole rings is 1. The second-order valence-electron chi connectivity index (χ2n) is 6.04. The van der Waals surface area contributed by atoms with Crippen LogP contribution in [0.15, 0.2) is 42.6 Å². The number of hydrogen-bond donors (Lipinski definition) is 3. The Hall–Kier alpha value is -3.68. The van der Waals surface area contributed by atoms with Gasteiger partial charge in [0.05, 0.1) is 5.69 Å². The van der Waals surface area contributed by atoms with Crippen molar-refractivity contribution < 1.29 is 19.5 Å². The van der Waals surface area contributed by atoms with Crippen molar-refractivity contribution in [3.8, 4) is 0 Å². The van der Waals surface area contributed by atoms with Gasteiger partial charge in [0, 0.05) is 17.4 Å². The molecule has 2 amide bonds. The molecule has 0 saturated heterocycles. The topological polar surface area (TPSA) is 113 Å². The van der Waals surface area contributed by atoms with Crippen LogP contribution in [0.25, 0.3) is 5.65 Å². The van der Waals surface area contributed by atoms with Crippen LogP contribution < -0.4 is 10.6 Å². The van der Waals surface area contributed by atoms with E-state index in [4.69, 9.17) is 5.11 Å². The molecule has 8 nitrogen and oxygen atoms in total. The van der Waals surface area contributed by atoms with E-state index in [1.807, 2.05) is 19.1 Å². The van der Waals surface area contributed by atoms with Crippen LogP contribution in [0.1, 0.15) is 32.1 Å². The van der Waals surface area contributed by atoms with E-state index in [0.717, 1.165) is 11.2 Å². The van der Waals surface area contributed by atoms with Crippen LogP contribution in [0.3, 0.4) is 0 Å². The normalized spacial score (nSPS) is 10.6. The zero-order valence-electron chi connectivity index (χ0n) is 14.8. The number of nitrogens with zero attached hydrogens (tertiary/aromatic N) is 2. The molecular weight excluding hydrogens is 348 g/mol. The summed E-state index contributed by atoms with van der Waals surface area (Å²) in [6.45, 7) is 3.25. The van der Waals surface area contributed by atoms with Crippen LogP contribution in [0.5, 0.6) is 0 Å². The molecule has 3 aromatic rings. The quantitative estimate of drug-likeness (QED) is 0.639. The van der Waals surface area contributed by atoms with Gasteiger partial charge >= 0.3 is 5.97 Å². The van der Waals surface area contributed by atoms with Gasteiger partial charge in [0.2, 0.25) is 0 Å². The van der Waals surface area contributed by atoms with Gasteiger partial charge < -0.3 is 15.7 Å². The number of aliphatic carboxylic acids is 1. The molecule has 2 aromatic heterocycles. The molecule has 0 unspecified atom stereocenters. The average molecular weight is 366 g/mol. The van der Waals surface area contributed by atoms with Crippen LogP contribution in [-0.4, -0.2) is 38.8 Å². The zero-order valence-corrected chi connectivity index (χ0v) is 14.8. The first-order valence-corrected chi connectivity index (χ1v) is 8.22. The molecule has 0 aliphatic carbocycles. The number of fused-ring (bicyclic) bond motifs is 1. The Morgan fingerprint density at radius 1 is 1.07 bits per heavy atom. The van der Waals surface area contributed by atoms with Crippen LogP contribution in [0.2, 0.25) is 0 Å². The van der Waals surface area contributed by atoms with Gasteiger partial charge in [0.1, 0.15) is 17.9 Å². The summed E-state index contributed by atoms with van der Waals surface area (Å²) in [4.78, 5) is 39.5. The third-order valence-electron chi connectivity index (χ3n) is 4.04. The molecule has 27 heavy (non-hydrogen) atoms. The van der Waals surface area contributed by atoms with Gasteiger partial charge in [0.25, 0.3) is 11.8 Å². The minimum atomic E-state index is -1.12. The predicted molar refractivity (Wildman–Crippen MR) is 99.0 cm³/mol. The van der Waals surface area contributed by atoms with Gasteiger partial charge in [0.15, 0.2) is 0 Å². The monoisotopic (exact) mass is 366 g/mol. The number of carbonyl (C=O) groups excluding carboxylic acids is 2. The van der Waals surface area contributed by atoms with Crippen molar-refractivity contribution >= 4 is 29.1 Å². The molecule has 0 spiro atoms. The van der Waals surface area contributed by atoms with Crippen molar-refractivity contribution in [2.24, 2.45) is 0 Å². The van der Waals surface area contributed by atoms with Gasteiger partial charge in [-0.05, 0) is 49.7 Å². The predicted octanol–water partition coefficient (Wildman–Crippen LogP) is 2.02. The lowest BCUT2D eigenvalue weighted by Crippen LogP contribution is -2.29. The first-order valence-electron chi connectivity index (χ1n) is 8.22. The van der Waals surface area contributed by atoms with E-state index in [9.17, 15) is 14.4 Å². The lowest BCUT2D eigenvalue weighted by molar-refractivity contribution is -0.135. The number of pyridine rings is 1. The van der Waals surface area contributed by atoms with E-state index >= 15 is 0 Å². The van der Waals surface area contributed by atoms with Crippen molar-refractivity contribution in [3.63, 3.8) is 0 Å². The number of anilines is 1. The first-order chi connectivity index (χ1) is 12.9. The SMILES string of the molecule is Cc1nc2c(C)cccn2c1C(=O)Nc1ccc(C(=O)NCC(=O)O)cc1. The Morgan fingerprint density at radius 3 is 2.44 bits per heavy atom. The third-order valence-corrected chi connectivity index (χ3v) is 4.04. The Labute approximate surface area is 154 Å². The maximum atomic E-state index is 12.7. The van der Waals surface area contributed by atoms with E-state index in [-0.39, 0.29) is 5.91 Å². The number of carboxylic acid groups (broad SMARTS) is 1. The van der Waals surface area contributed by atoms with Crippen LogP contribution >= 0.6 is 0 Å². The van der Waals surface area contributed by atoms with Crippen LogP contribution in [0.4, 0.5) is 5.69 Å². The summed E-state index contributed by atoms with van der Waals surface area (Å²) in [6.07, 6.45) is 1.78. The molecule has 8 heteroatoms. The maximum absolute atomic E-state index is 12.7. The number of hydrogen-bond acceptors (Lipinski definition) is 4. The number of aromatic nitrogens is 2. The Bertz CT molecular complexity index is 1040. The highest BCUT2D eigenvalue weighted by Gasteiger charge is 2.17. The molecule has 0 aliphatic heterocycles. The summed E-state index contributed by atoms with van der Waals surface area (Å²) in [5, 5.41) is 13.7. The largest absolute Gasteiger partial charge is 0.480 e. The molecule has 1 aromatic carbocycles. The third kappa shape index (κ3) is 3.79. The van der Waals surface area contributed by atoms with Crippen molar-refractivity contribution in [1.82, 2.24) is 14.7 Å². The van der Waals surface area contributed by atoms with Gasteiger partial charge in [-0.2, -0.15) is 0 Å². The second-order valence-corrected chi connectivity index (χ2v) is 6.04. The van der Waals surface area contributed by atoms with E-state index < -0.39 is 18.4 Å². The number of amides is 2. The van der Waals surface area contributed by atoms with E-state index in [2.05, 4.69) is 15.6 Å². The molecule has 0 aliphatic rings.